The molecule has 3 aromatic rings. The number of rotatable bonds is 7. The van der Waals surface area contributed by atoms with Crippen molar-refractivity contribution in [2.75, 3.05) is 26.8 Å². The van der Waals surface area contributed by atoms with Crippen molar-refractivity contribution in [3.8, 4) is 16.9 Å². The summed E-state index contributed by atoms with van der Waals surface area (Å²) >= 11 is 0. The Labute approximate surface area is 259 Å². The molecule has 7 nitrogen and oxygen atoms in total. The van der Waals surface area contributed by atoms with Crippen molar-refractivity contribution in [2.45, 2.75) is 64.4 Å². The molecule has 0 radical (unpaired) electrons. The molecule has 0 spiro atoms. The Hall–Kier alpha value is -4.12. The molecular weight excluding hydrogens is 592 g/mol. The van der Waals surface area contributed by atoms with E-state index >= 15 is 4.39 Å². The first-order chi connectivity index (χ1) is 21.3. The monoisotopic (exact) mass is 628 g/mol. The van der Waals surface area contributed by atoms with E-state index in [1.165, 1.54) is 18.1 Å². The van der Waals surface area contributed by atoms with E-state index in [0.29, 0.717) is 53.9 Å². The summed E-state index contributed by atoms with van der Waals surface area (Å²) in [5, 5.41) is 9.20. The third-order valence-electron chi connectivity index (χ3n) is 8.78. The Morgan fingerprint density at radius 1 is 1.02 bits per heavy atom. The first kappa shape index (κ1) is 32.3. The van der Waals surface area contributed by atoms with Gasteiger partial charge in [-0.1, -0.05) is 35.4 Å². The molecule has 2 amide bonds. The molecule has 0 unspecified atom stereocenters. The van der Waals surface area contributed by atoms with Gasteiger partial charge in [0.15, 0.2) is 0 Å². The lowest BCUT2D eigenvalue weighted by Crippen LogP contribution is -2.39. The fourth-order valence-electron chi connectivity index (χ4n) is 6.40. The first-order valence-corrected chi connectivity index (χ1v) is 14.8. The largest absolute Gasteiger partial charge is 0.496 e. The van der Waals surface area contributed by atoms with Crippen molar-refractivity contribution >= 4 is 12.0 Å². The second-order valence-electron chi connectivity index (χ2n) is 11.9. The van der Waals surface area contributed by atoms with E-state index in [9.17, 15) is 27.9 Å². The summed E-state index contributed by atoms with van der Waals surface area (Å²) in [6.07, 6.45) is -5.02. The molecule has 0 bridgehead atoms. The number of aliphatic hydroxyl groups is 1. The zero-order valence-electron chi connectivity index (χ0n) is 25.6. The lowest BCUT2D eigenvalue weighted by Gasteiger charge is -2.32. The summed E-state index contributed by atoms with van der Waals surface area (Å²) in [4.78, 5) is 28.1. The van der Waals surface area contributed by atoms with E-state index in [2.05, 4.69) is 0 Å². The Morgan fingerprint density at radius 3 is 2.38 bits per heavy atom. The second kappa shape index (κ2) is 12.7. The quantitative estimate of drug-likeness (QED) is 0.288. The maximum Gasteiger partial charge on any atom is 0.416 e. The lowest BCUT2D eigenvalue weighted by atomic mass is 9.86. The van der Waals surface area contributed by atoms with Crippen LogP contribution in [0.4, 0.5) is 22.4 Å². The van der Waals surface area contributed by atoms with Gasteiger partial charge in [-0.15, -0.1) is 0 Å². The summed E-state index contributed by atoms with van der Waals surface area (Å²) in [7, 11) is 1.45. The van der Waals surface area contributed by atoms with Crippen LogP contribution in [-0.2, 0) is 22.3 Å². The normalized spacial score (nSPS) is 19.2. The van der Waals surface area contributed by atoms with Crippen molar-refractivity contribution in [3.63, 3.8) is 0 Å². The zero-order valence-corrected chi connectivity index (χ0v) is 25.6. The number of hydrogen-bond donors (Lipinski definition) is 1. The number of halogens is 4. The van der Waals surface area contributed by atoms with Crippen molar-refractivity contribution in [1.29, 1.82) is 0 Å². The SMILES string of the molecule is COc1cc(F)c(C2CCN(C(=O)CO)CC2)cc1-c1ccc(C)cc1CN1C(=O)O[C@H](c2cc(C)cc(C(F)(F)F)c2)[C@@H]1C. The average molecular weight is 629 g/mol. The molecule has 11 heteroatoms. The van der Waals surface area contributed by atoms with Crippen molar-refractivity contribution in [1.82, 2.24) is 9.80 Å². The van der Waals surface area contributed by atoms with Crippen LogP contribution in [0, 0.1) is 19.7 Å². The number of benzene rings is 3. The van der Waals surface area contributed by atoms with Crippen LogP contribution in [-0.4, -0.2) is 59.8 Å². The van der Waals surface area contributed by atoms with Crippen LogP contribution in [0.3, 0.4) is 0 Å². The Bertz CT molecular complexity index is 1600. The number of hydrogen-bond acceptors (Lipinski definition) is 5. The van der Waals surface area contributed by atoms with Gasteiger partial charge < -0.3 is 19.5 Å². The van der Waals surface area contributed by atoms with Crippen molar-refractivity contribution < 1.29 is 41.7 Å². The molecule has 2 fully saturated rings. The molecule has 0 saturated carbocycles. The number of cyclic esters (lactones) is 1. The maximum absolute atomic E-state index is 15.4. The molecule has 3 aromatic carbocycles. The third kappa shape index (κ3) is 6.63. The van der Waals surface area contributed by atoms with Gasteiger partial charge in [-0.3, -0.25) is 9.69 Å². The molecule has 45 heavy (non-hydrogen) atoms. The molecule has 0 aromatic heterocycles. The molecule has 2 saturated heterocycles. The number of piperidine rings is 1. The number of amides is 2. The van der Waals surface area contributed by atoms with Gasteiger partial charge in [0.1, 0.15) is 24.3 Å². The van der Waals surface area contributed by atoms with E-state index in [0.717, 1.165) is 23.3 Å². The molecule has 2 heterocycles. The predicted octanol–water partition coefficient (Wildman–Crippen LogP) is 6.92. The minimum absolute atomic E-state index is 0.100. The number of alkyl halides is 3. The van der Waals surface area contributed by atoms with Crippen molar-refractivity contribution in [3.05, 3.63) is 87.7 Å². The molecule has 1 N–H and O–H groups in total. The fraction of sp³-hybridized carbons (Fsp3) is 0.412. The number of likely N-dealkylation sites (tertiary alicyclic amines) is 1. The number of aryl methyl sites for hydroxylation is 2. The van der Waals surface area contributed by atoms with Crippen LogP contribution in [0.1, 0.15) is 65.2 Å². The number of methoxy groups -OCH3 is 1. The standard InChI is InChI=1S/C34H36F4N2O5/c1-19-5-6-26(28-15-27(29(35)16-30(28)44-4)22-7-9-39(10-8-22)31(42)18-41)24(11-19)17-40-21(3)32(45-33(40)43)23-12-20(2)13-25(14-23)34(36,37)38/h5-6,11-16,21-22,32,41H,7-10,17-18H2,1-4H3/t21-,32-/m0/s1. The van der Waals surface area contributed by atoms with Gasteiger partial charge in [-0.25, -0.2) is 9.18 Å². The zero-order chi connectivity index (χ0) is 32.6. The summed E-state index contributed by atoms with van der Waals surface area (Å²) in [5.41, 5.74) is 3.36. The van der Waals surface area contributed by atoms with Gasteiger partial charge in [0.05, 0.1) is 25.3 Å². The third-order valence-corrected chi connectivity index (χ3v) is 8.78. The van der Waals surface area contributed by atoms with Crippen LogP contribution in [0.2, 0.25) is 0 Å². The molecule has 0 aliphatic carbocycles. The maximum atomic E-state index is 15.4. The smallest absolute Gasteiger partial charge is 0.416 e. The summed E-state index contributed by atoms with van der Waals surface area (Å²) in [5.74, 6) is -0.624. The van der Waals surface area contributed by atoms with Crippen LogP contribution < -0.4 is 4.74 Å². The van der Waals surface area contributed by atoms with E-state index in [-0.39, 0.29) is 23.9 Å². The topological polar surface area (TPSA) is 79.3 Å². The fourth-order valence-corrected chi connectivity index (χ4v) is 6.40. The minimum atomic E-state index is -4.54. The van der Waals surface area contributed by atoms with Crippen LogP contribution in [0.5, 0.6) is 5.75 Å². The number of aliphatic hydroxyl groups excluding tert-OH is 1. The van der Waals surface area contributed by atoms with Crippen LogP contribution in [0.15, 0.2) is 48.5 Å². The number of carbonyl (C=O) groups excluding carboxylic acids is 2. The Balaban J connectivity index is 1.46. The second-order valence-corrected chi connectivity index (χ2v) is 11.9. The highest BCUT2D eigenvalue weighted by Crippen LogP contribution is 2.42. The van der Waals surface area contributed by atoms with Gasteiger partial charge in [0.25, 0.3) is 0 Å². The van der Waals surface area contributed by atoms with Gasteiger partial charge in [-0.2, -0.15) is 13.2 Å². The molecular formula is C34H36F4N2O5. The number of carbonyl (C=O) groups is 2. The van der Waals surface area contributed by atoms with Gasteiger partial charge in [-0.05, 0) is 80.0 Å². The summed E-state index contributed by atoms with van der Waals surface area (Å²) in [6, 6.07) is 11.9. The minimum Gasteiger partial charge on any atom is -0.496 e. The van der Waals surface area contributed by atoms with E-state index in [4.69, 9.17) is 9.47 Å². The number of nitrogens with zero attached hydrogens (tertiary/aromatic N) is 2. The highest BCUT2D eigenvalue weighted by Gasteiger charge is 2.41. The lowest BCUT2D eigenvalue weighted by molar-refractivity contribution is -0.137. The molecule has 5 rings (SSSR count). The molecule has 240 valence electrons. The molecule has 2 atom stereocenters. The van der Waals surface area contributed by atoms with Crippen LogP contribution >= 0.6 is 0 Å². The van der Waals surface area contributed by atoms with Gasteiger partial charge in [0.2, 0.25) is 5.91 Å². The van der Waals surface area contributed by atoms with Crippen molar-refractivity contribution in [2.24, 2.45) is 0 Å². The summed E-state index contributed by atoms with van der Waals surface area (Å²) < 4.78 is 67.3. The first-order valence-electron chi connectivity index (χ1n) is 14.8. The van der Waals surface area contributed by atoms with Crippen LogP contribution in [0.25, 0.3) is 11.1 Å². The van der Waals surface area contributed by atoms with Gasteiger partial charge in [0, 0.05) is 24.7 Å². The highest BCUT2D eigenvalue weighted by molar-refractivity contribution is 5.78. The van der Waals surface area contributed by atoms with E-state index in [1.807, 2.05) is 25.1 Å². The number of ether oxygens (including phenoxy) is 2. The average Bonchev–Trinajstić information content (AvgIpc) is 3.28. The van der Waals surface area contributed by atoms with Gasteiger partial charge >= 0.3 is 12.3 Å². The predicted molar refractivity (Wildman–Crippen MR) is 159 cm³/mol. The highest BCUT2D eigenvalue weighted by atomic mass is 19.4. The summed E-state index contributed by atoms with van der Waals surface area (Å²) in [6.45, 7) is 5.56. The Morgan fingerprint density at radius 2 is 1.73 bits per heavy atom. The molecule has 2 aliphatic heterocycles. The van der Waals surface area contributed by atoms with E-state index < -0.39 is 42.4 Å². The Kier molecular flexibility index (Phi) is 9.11. The molecule has 2 aliphatic rings. The van der Waals surface area contributed by atoms with E-state index in [1.54, 1.807) is 30.9 Å².